The molecule has 1 amide bonds. The molecule has 0 saturated heterocycles. The maximum atomic E-state index is 12.3. The summed E-state index contributed by atoms with van der Waals surface area (Å²) in [6, 6.07) is 20.8. The molecule has 1 heterocycles. The van der Waals surface area contributed by atoms with Crippen molar-refractivity contribution in [2.24, 2.45) is 10.9 Å². The molecule has 0 aliphatic carbocycles. The van der Waals surface area contributed by atoms with Gasteiger partial charge in [0.15, 0.2) is 0 Å². The first-order valence-corrected chi connectivity index (χ1v) is 11.4. The Labute approximate surface area is 189 Å². The van der Waals surface area contributed by atoms with Crippen LogP contribution in [-0.2, 0) is 4.79 Å². The fourth-order valence-corrected chi connectivity index (χ4v) is 4.37. The standard InChI is InChI=1S/C27H28N2OS/c1-20(2)26(27(30)28-3)31-25-18-10-16-23(21-12-6-4-7-13-21)24(17-11-19-29-25)22-14-8-5-9-15-22/h4-15,17,19-20,26H,16H2,1-3H3,(H,28,30)/b17-11+,24-23-,29-19+. The lowest BCUT2D eigenvalue weighted by Gasteiger charge is -2.18. The Balaban J connectivity index is 2.04. The quantitative estimate of drug-likeness (QED) is 0.563. The van der Waals surface area contributed by atoms with Crippen molar-refractivity contribution >= 4 is 35.0 Å². The van der Waals surface area contributed by atoms with Crippen molar-refractivity contribution in [1.82, 2.24) is 5.32 Å². The molecule has 3 rings (SSSR count). The predicted molar refractivity (Wildman–Crippen MR) is 134 cm³/mol. The first-order chi connectivity index (χ1) is 15.1. The number of carbonyl (C=O) groups excluding carboxylic acids is 1. The third kappa shape index (κ3) is 6.21. The normalized spacial score (nSPS) is 19.4. The zero-order valence-electron chi connectivity index (χ0n) is 18.2. The molecule has 0 spiro atoms. The summed E-state index contributed by atoms with van der Waals surface area (Å²) in [6.45, 7) is 4.09. The second-order valence-electron chi connectivity index (χ2n) is 7.52. The maximum absolute atomic E-state index is 12.3. The number of benzene rings is 2. The van der Waals surface area contributed by atoms with E-state index in [1.54, 1.807) is 13.3 Å². The highest BCUT2D eigenvalue weighted by atomic mass is 32.2. The number of rotatable bonds is 6. The van der Waals surface area contributed by atoms with Gasteiger partial charge >= 0.3 is 0 Å². The van der Waals surface area contributed by atoms with Crippen LogP contribution in [0.1, 0.15) is 31.4 Å². The monoisotopic (exact) mass is 428 g/mol. The minimum atomic E-state index is -0.214. The average Bonchev–Trinajstić information content (AvgIpc) is 2.81. The summed E-state index contributed by atoms with van der Waals surface area (Å²) in [4.78, 5) is 16.9. The second kappa shape index (κ2) is 11.4. The Kier molecular flexibility index (Phi) is 8.28. The summed E-state index contributed by atoms with van der Waals surface area (Å²) in [5.74, 6) is 0.193. The lowest BCUT2D eigenvalue weighted by Crippen LogP contribution is -2.33. The topological polar surface area (TPSA) is 41.5 Å². The molecule has 2 aromatic carbocycles. The lowest BCUT2D eigenvalue weighted by atomic mass is 9.92. The zero-order valence-corrected chi connectivity index (χ0v) is 19.0. The highest BCUT2D eigenvalue weighted by Crippen LogP contribution is 2.32. The third-order valence-electron chi connectivity index (χ3n) is 4.95. The Morgan fingerprint density at radius 1 is 1.03 bits per heavy atom. The molecule has 0 bridgehead atoms. The summed E-state index contributed by atoms with van der Waals surface area (Å²) in [6.07, 6.45) is 8.58. The van der Waals surface area contributed by atoms with Crippen LogP contribution in [0.2, 0.25) is 0 Å². The molecule has 4 heteroatoms. The zero-order chi connectivity index (χ0) is 22.1. The molecule has 0 saturated carbocycles. The van der Waals surface area contributed by atoms with Crippen molar-refractivity contribution in [1.29, 1.82) is 0 Å². The molecule has 1 unspecified atom stereocenters. The van der Waals surface area contributed by atoms with E-state index in [1.165, 1.54) is 22.9 Å². The molecule has 2 aromatic rings. The van der Waals surface area contributed by atoms with Gasteiger partial charge in [0.1, 0.15) is 5.03 Å². The van der Waals surface area contributed by atoms with E-state index in [-0.39, 0.29) is 17.1 Å². The number of hydrogen-bond acceptors (Lipinski definition) is 3. The van der Waals surface area contributed by atoms with Gasteiger partial charge < -0.3 is 5.32 Å². The molecule has 1 aliphatic rings. The molecule has 0 radical (unpaired) electrons. The molecular weight excluding hydrogens is 400 g/mol. The number of nitrogens with zero attached hydrogens (tertiary/aromatic N) is 1. The molecule has 158 valence electrons. The molecule has 1 N–H and O–H groups in total. The summed E-state index contributed by atoms with van der Waals surface area (Å²) >= 11 is 1.45. The van der Waals surface area contributed by atoms with Gasteiger partial charge in [0.2, 0.25) is 5.91 Å². The fourth-order valence-electron chi connectivity index (χ4n) is 3.36. The number of carbonyl (C=O) groups is 1. The first-order valence-electron chi connectivity index (χ1n) is 10.5. The van der Waals surface area contributed by atoms with Gasteiger partial charge in [0.05, 0.1) is 5.25 Å². The van der Waals surface area contributed by atoms with Gasteiger partial charge in [0, 0.05) is 13.3 Å². The van der Waals surface area contributed by atoms with E-state index in [4.69, 9.17) is 0 Å². The van der Waals surface area contributed by atoms with Crippen LogP contribution in [-0.4, -0.2) is 24.4 Å². The summed E-state index contributed by atoms with van der Waals surface area (Å²) < 4.78 is 0. The largest absolute Gasteiger partial charge is 0.358 e. The predicted octanol–water partition coefficient (Wildman–Crippen LogP) is 6.13. The van der Waals surface area contributed by atoms with Crippen LogP contribution in [0.3, 0.4) is 0 Å². The summed E-state index contributed by atoms with van der Waals surface area (Å²) in [5, 5.41) is 3.25. The van der Waals surface area contributed by atoms with Crippen LogP contribution in [0, 0.1) is 5.92 Å². The van der Waals surface area contributed by atoms with E-state index in [0.29, 0.717) is 11.4 Å². The minimum absolute atomic E-state index is 0.00775. The molecule has 31 heavy (non-hydrogen) atoms. The Hall–Kier alpha value is -3.07. The number of nitrogens with one attached hydrogen (secondary N) is 1. The number of thioether (sulfide) groups is 1. The van der Waals surface area contributed by atoms with Crippen LogP contribution in [0.5, 0.6) is 0 Å². The Morgan fingerprint density at radius 2 is 1.68 bits per heavy atom. The average molecular weight is 429 g/mol. The van der Waals surface area contributed by atoms with Crippen LogP contribution < -0.4 is 5.32 Å². The van der Waals surface area contributed by atoms with Gasteiger partial charge in [-0.1, -0.05) is 98.1 Å². The van der Waals surface area contributed by atoms with Crippen molar-refractivity contribution in [3.8, 4) is 0 Å². The lowest BCUT2D eigenvalue weighted by molar-refractivity contribution is -0.120. The van der Waals surface area contributed by atoms with E-state index < -0.39 is 0 Å². The Bertz CT molecular complexity index is 1040. The maximum Gasteiger partial charge on any atom is 0.233 e. The summed E-state index contributed by atoms with van der Waals surface area (Å²) in [7, 11) is 1.67. The van der Waals surface area contributed by atoms with Crippen molar-refractivity contribution in [2.45, 2.75) is 25.5 Å². The molecule has 0 aromatic heterocycles. The van der Waals surface area contributed by atoms with Crippen molar-refractivity contribution in [2.75, 3.05) is 7.05 Å². The highest BCUT2D eigenvalue weighted by molar-refractivity contribution is 8.04. The number of amides is 1. The van der Waals surface area contributed by atoms with E-state index in [1.807, 2.05) is 38.1 Å². The van der Waals surface area contributed by atoms with Crippen molar-refractivity contribution in [3.05, 3.63) is 101 Å². The smallest absolute Gasteiger partial charge is 0.233 e. The van der Waals surface area contributed by atoms with Gasteiger partial charge in [-0.25, -0.2) is 4.99 Å². The number of allylic oxidation sites excluding steroid dienone is 5. The van der Waals surface area contributed by atoms with E-state index in [0.717, 1.165) is 11.1 Å². The molecular formula is C27H28N2OS. The van der Waals surface area contributed by atoms with Crippen LogP contribution >= 0.6 is 11.8 Å². The van der Waals surface area contributed by atoms with Gasteiger partial charge in [-0.2, -0.15) is 0 Å². The minimum Gasteiger partial charge on any atom is -0.358 e. The third-order valence-corrected chi connectivity index (χ3v) is 6.41. The second-order valence-corrected chi connectivity index (χ2v) is 8.65. The number of hydrogen-bond donors (Lipinski definition) is 1. The number of aliphatic imine (C=N–C) groups is 1. The molecule has 0 fully saturated rings. The van der Waals surface area contributed by atoms with Crippen molar-refractivity contribution in [3.63, 3.8) is 0 Å². The Morgan fingerprint density at radius 3 is 2.29 bits per heavy atom. The molecule has 1 atom stereocenters. The fraction of sp³-hybridized carbons (Fsp3) is 0.222. The van der Waals surface area contributed by atoms with Crippen LogP contribution in [0.25, 0.3) is 11.1 Å². The van der Waals surface area contributed by atoms with E-state index in [2.05, 4.69) is 70.6 Å². The summed E-state index contributed by atoms with van der Waals surface area (Å²) in [5.41, 5.74) is 8.07. The van der Waals surface area contributed by atoms with E-state index in [9.17, 15) is 4.79 Å². The van der Waals surface area contributed by atoms with Gasteiger partial charge in [-0.15, -0.1) is 0 Å². The first kappa shape index (κ1) is 22.6. The SMILES string of the molecule is CNC(=O)C(SC1=C=CC\C(c2ccccc2)=C(c2ccccc2)/C=C/C=N/1)C(C)C. The highest BCUT2D eigenvalue weighted by Gasteiger charge is 2.23. The molecule has 1 aliphatic heterocycles. The van der Waals surface area contributed by atoms with Crippen LogP contribution in [0.4, 0.5) is 0 Å². The van der Waals surface area contributed by atoms with Crippen LogP contribution in [0.15, 0.2) is 94.6 Å². The van der Waals surface area contributed by atoms with E-state index >= 15 is 0 Å². The van der Waals surface area contributed by atoms with Gasteiger partial charge in [0.25, 0.3) is 0 Å². The van der Waals surface area contributed by atoms with Gasteiger partial charge in [-0.3, -0.25) is 4.79 Å². The molecule has 3 nitrogen and oxygen atoms in total. The van der Waals surface area contributed by atoms with Crippen molar-refractivity contribution < 1.29 is 4.79 Å². The van der Waals surface area contributed by atoms with Gasteiger partial charge in [-0.05, 0) is 46.8 Å².